The van der Waals surface area contributed by atoms with Gasteiger partial charge < -0.3 is 41.0 Å². The van der Waals surface area contributed by atoms with Crippen molar-refractivity contribution in [2.75, 3.05) is 27.3 Å². The van der Waals surface area contributed by atoms with Crippen LogP contribution in [-0.4, -0.2) is 81.3 Å². The third-order valence-electron chi connectivity index (χ3n) is 8.03. The van der Waals surface area contributed by atoms with Crippen molar-refractivity contribution in [2.24, 2.45) is 23.3 Å². The molecule has 272 valence electrons. The van der Waals surface area contributed by atoms with E-state index in [1.807, 2.05) is 13.8 Å². The number of ether oxygens (including phenoxy) is 4. The van der Waals surface area contributed by atoms with Gasteiger partial charge in [0.25, 0.3) is 5.91 Å². The summed E-state index contributed by atoms with van der Waals surface area (Å²) in [6, 6.07) is 0. The number of primary amides is 1. The maximum atomic E-state index is 13.8. The molecule has 0 aromatic heterocycles. The first-order chi connectivity index (χ1) is 22.8. The largest absolute Gasteiger partial charge is 0.459 e. The van der Waals surface area contributed by atoms with Crippen LogP contribution >= 0.6 is 12.4 Å². The Hall–Kier alpha value is -4.04. The van der Waals surface area contributed by atoms with Crippen LogP contribution in [0.5, 0.6) is 0 Å². The molecule has 0 aromatic carbocycles. The highest BCUT2D eigenvalue weighted by Gasteiger charge is 2.35. The zero-order valence-corrected chi connectivity index (χ0v) is 29.9. The highest BCUT2D eigenvalue weighted by molar-refractivity contribution is 6.23. The lowest BCUT2D eigenvalue weighted by atomic mass is 9.85. The summed E-state index contributed by atoms with van der Waals surface area (Å²) < 4.78 is 23.0. The summed E-state index contributed by atoms with van der Waals surface area (Å²) >= 11 is 0. The molecule has 6 atom stereocenters. The second-order valence-electron chi connectivity index (χ2n) is 12.0. The van der Waals surface area contributed by atoms with Gasteiger partial charge in [-0.25, -0.2) is 4.79 Å². The second-order valence-corrected chi connectivity index (χ2v) is 12.0. The topological polar surface area (TPSA) is 198 Å². The molecule has 2 bridgehead atoms. The van der Waals surface area contributed by atoms with Crippen LogP contribution in [0.2, 0.25) is 0 Å². The fourth-order valence-corrected chi connectivity index (χ4v) is 5.58. The predicted octanol–water partition coefficient (Wildman–Crippen LogP) is 3.25. The van der Waals surface area contributed by atoms with E-state index in [1.165, 1.54) is 20.3 Å². The molecule has 0 radical (unpaired) electrons. The average molecular weight is 707 g/mol. The predicted molar refractivity (Wildman–Crippen MR) is 187 cm³/mol. The fraction of sp³-hybridized carbons (Fsp3) is 0.514. The molecule has 2 amide bonds. The molecular weight excluding hydrogens is 656 g/mol. The van der Waals surface area contributed by atoms with Gasteiger partial charge in [-0.3, -0.25) is 19.2 Å². The number of carbonyl (C=O) groups excluding carboxylic acids is 5. The quantitative estimate of drug-likeness (QED) is 0.148. The molecule has 1 aliphatic carbocycles. The van der Waals surface area contributed by atoms with E-state index in [4.69, 9.17) is 30.4 Å². The molecule has 1 aliphatic heterocycles. The highest BCUT2D eigenvalue weighted by atomic mass is 35.5. The first kappa shape index (κ1) is 43.0. The maximum Gasteiger partial charge on any atom is 0.405 e. The molecule has 2 rings (SSSR count). The van der Waals surface area contributed by atoms with Crippen LogP contribution in [0.3, 0.4) is 0 Å². The van der Waals surface area contributed by atoms with Crippen LogP contribution in [0.15, 0.2) is 71.1 Å². The van der Waals surface area contributed by atoms with Gasteiger partial charge in [-0.2, -0.15) is 0 Å². The number of allylic oxidation sites excluding steroid dienone is 4. The molecule has 0 aromatic rings. The van der Waals surface area contributed by atoms with E-state index in [-0.39, 0.29) is 60.3 Å². The van der Waals surface area contributed by atoms with Crippen molar-refractivity contribution >= 4 is 41.9 Å². The van der Waals surface area contributed by atoms with E-state index < -0.39 is 59.9 Å². The van der Waals surface area contributed by atoms with Crippen LogP contribution in [-0.2, 0) is 38.1 Å². The summed E-state index contributed by atoms with van der Waals surface area (Å²) in [5.41, 5.74) is 12.0. The molecule has 0 fully saturated rings. The van der Waals surface area contributed by atoms with Gasteiger partial charge in [0.05, 0.1) is 17.5 Å². The number of hydrogen-bond acceptors (Lipinski definition) is 11. The summed E-state index contributed by atoms with van der Waals surface area (Å²) in [4.78, 5) is 64.9. The van der Waals surface area contributed by atoms with Gasteiger partial charge in [-0.15, -0.1) is 19.0 Å². The average Bonchev–Trinajstić information content (AvgIpc) is 3.03. The van der Waals surface area contributed by atoms with Gasteiger partial charge in [0, 0.05) is 50.3 Å². The highest BCUT2D eigenvalue weighted by Crippen LogP contribution is 2.30. The summed E-state index contributed by atoms with van der Waals surface area (Å²) in [7, 11) is 2.92. The normalized spacial score (nSPS) is 28.4. The monoisotopic (exact) mass is 706 g/mol. The number of nitrogens with two attached hydrogens (primary N) is 2. The number of methoxy groups -OCH3 is 2. The molecular formula is C35H51ClN4O9. The Bertz CT molecular complexity index is 1380. The number of hydrogen-bond donors (Lipinski definition) is 4. The van der Waals surface area contributed by atoms with Crippen molar-refractivity contribution in [1.82, 2.24) is 10.6 Å². The van der Waals surface area contributed by atoms with Gasteiger partial charge in [-0.05, 0) is 51.1 Å². The summed E-state index contributed by atoms with van der Waals surface area (Å²) in [6.45, 7) is 11.2. The third-order valence-corrected chi connectivity index (χ3v) is 8.03. The number of amides is 2. The van der Waals surface area contributed by atoms with Crippen molar-refractivity contribution in [3.05, 3.63) is 71.1 Å². The van der Waals surface area contributed by atoms with Gasteiger partial charge in [0.2, 0.25) is 11.6 Å². The molecule has 49 heavy (non-hydrogen) atoms. The summed E-state index contributed by atoms with van der Waals surface area (Å²) in [6.07, 6.45) is 5.81. The van der Waals surface area contributed by atoms with Gasteiger partial charge in [-0.1, -0.05) is 44.2 Å². The smallest absolute Gasteiger partial charge is 0.405 e. The first-order valence-electron chi connectivity index (χ1n) is 15.9. The van der Waals surface area contributed by atoms with Crippen LogP contribution in [0, 0.1) is 11.8 Å². The minimum Gasteiger partial charge on any atom is -0.459 e. The third kappa shape index (κ3) is 12.7. The molecule has 0 spiro atoms. The van der Waals surface area contributed by atoms with Crippen LogP contribution < -0.4 is 22.1 Å². The first-order valence-corrected chi connectivity index (χ1v) is 15.9. The Morgan fingerprint density at radius 2 is 1.82 bits per heavy atom. The molecule has 1 heterocycles. The standard InChI is InChI=1S/C35H50N4O9.ClH/c1-8-15-38-30-24-16-20(2)17-28(46-7)33(47-29(41)13-10-14-36)23(5)18-22(4)32(48-35(37)44)27(45-6)12-9-11-21(3)34(43)39-25(31(24)42)19-26(30)40;/h8-9,11-12,18-20,23,27-28,32-33,38H,1,10,13-17,36H2,2-7H3,(H2,37,44)(H,39,43);1H/b12-9-,21-11+,22-18+;/t20-,23-,27+,28-,32-,33-;/m1./s1. The Morgan fingerprint density at radius 1 is 1.12 bits per heavy atom. The van der Waals surface area contributed by atoms with E-state index in [9.17, 15) is 24.0 Å². The Kier molecular flexibility index (Phi) is 18.5. The van der Waals surface area contributed by atoms with Gasteiger partial charge in [0.1, 0.15) is 12.2 Å². The minimum absolute atomic E-state index is 0. The van der Waals surface area contributed by atoms with E-state index in [2.05, 4.69) is 17.2 Å². The van der Waals surface area contributed by atoms with Gasteiger partial charge >= 0.3 is 12.1 Å². The number of ketones is 2. The molecule has 14 heteroatoms. The number of carbonyl (C=O) groups is 5. The lowest BCUT2D eigenvalue weighted by Crippen LogP contribution is -2.40. The second kappa shape index (κ2) is 21.1. The van der Waals surface area contributed by atoms with Crippen molar-refractivity contribution in [3.63, 3.8) is 0 Å². The molecule has 0 saturated heterocycles. The number of rotatable bonds is 10. The Labute approximate surface area is 294 Å². The molecule has 0 saturated carbocycles. The van der Waals surface area contributed by atoms with Crippen LogP contribution in [0.1, 0.15) is 53.4 Å². The zero-order valence-electron chi connectivity index (χ0n) is 29.1. The van der Waals surface area contributed by atoms with Crippen LogP contribution in [0.25, 0.3) is 0 Å². The maximum absolute atomic E-state index is 13.8. The SMILES string of the molecule is C=CCNC1=C2C[C@@H](C)C[C@@H](OC)[C@H](OC(=O)CCCN)[C@H](C)/C=C(\C)[C@@H](OC(N)=O)[C@@H](OC)/C=C\C=C(/C)C(=O)NC(=CC1=O)C2=O.Cl. The van der Waals surface area contributed by atoms with E-state index in [0.717, 1.165) is 6.08 Å². The number of nitrogens with one attached hydrogen (secondary N) is 2. The van der Waals surface area contributed by atoms with E-state index >= 15 is 0 Å². The fourth-order valence-electron chi connectivity index (χ4n) is 5.58. The van der Waals surface area contributed by atoms with E-state index in [0.29, 0.717) is 25.0 Å². The number of esters is 1. The summed E-state index contributed by atoms with van der Waals surface area (Å²) in [5.74, 6) is -2.75. The van der Waals surface area contributed by atoms with Crippen molar-refractivity contribution in [3.8, 4) is 0 Å². The minimum atomic E-state index is -1.02. The van der Waals surface area contributed by atoms with Crippen molar-refractivity contribution < 1.29 is 42.9 Å². The lowest BCUT2D eigenvalue weighted by Gasteiger charge is -2.32. The summed E-state index contributed by atoms with van der Waals surface area (Å²) in [5, 5.41) is 5.55. The number of fused-ring (bicyclic) bond motifs is 2. The van der Waals surface area contributed by atoms with Crippen molar-refractivity contribution in [1.29, 1.82) is 0 Å². The zero-order chi connectivity index (χ0) is 36.0. The van der Waals surface area contributed by atoms with Crippen molar-refractivity contribution in [2.45, 2.75) is 77.8 Å². The molecule has 6 N–H and O–H groups in total. The molecule has 13 nitrogen and oxygen atoms in total. The number of halogens is 1. The van der Waals surface area contributed by atoms with Gasteiger partial charge in [0.15, 0.2) is 6.10 Å². The molecule has 0 unspecified atom stereocenters. The Balaban J connectivity index is 0.0000120. The molecule has 2 aliphatic rings. The lowest BCUT2D eigenvalue weighted by molar-refractivity contribution is -0.160. The number of Topliss-reactive ketones (excluding diaryl/α,β-unsaturated/α-hetero) is 1. The van der Waals surface area contributed by atoms with E-state index in [1.54, 1.807) is 38.2 Å². The Morgan fingerprint density at radius 3 is 2.41 bits per heavy atom. The van der Waals surface area contributed by atoms with Crippen LogP contribution in [0.4, 0.5) is 4.79 Å².